The van der Waals surface area contributed by atoms with Gasteiger partial charge in [0.2, 0.25) is 5.91 Å². The van der Waals surface area contributed by atoms with Gasteiger partial charge in [0.25, 0.3) is 10.2 Å². The molecule has 8 heteroatoms. The first-order valence-corrected chi connectivity index (χ1v) is 10.1. The zero-order valence-electron chi connectivity index (χ0n) is 13.7. The molecule has 0 radical (unpaired) electrons. The lowest BCUT2D eigenvalue weighted by Crippen LogP contribution is -2.47. The highest BCUT2D eigenvalue weighted by atomic mass is 32.2. The number of piperidine rings is 1. The Balaban J connectivity index is 2.08. The van der Waals surface area contributed by atoms with Crippen LogP contribution in [0.4, 0.5) is 5.69 Å². The van der Waals surface area contributed by atoms with E-state index in [1.54, 1.807) is 11.8 Å². The Kier molecular flexibility index (Phi) is 6.07. The summed E-state index contributed by atoms with van der Waals surface area (Å²) in [6.45, 7) is 0.694. The zero-order valence-corrected chi connectivity index (χ0v) is 15.3. The predicted octanol–water partition coefficient (Wildman–Crippen LogP) is 1.87. The van der Waals surface area contributed by atoms with Crippen molar-refractivity contribution in [1.82, 2.24) is 8.61 Å². The summed E-state index contributed by atoms with van der Waals surface area (Å²) in [5.41, 5.74) is 0.776. The third-order valence-electron chi connectivity index (χ3n) is 3.91. The minimum absolute atomic E-state index is 0.120. The minimum atomic E-state index is -3.47. The van der Waals surface area contributed by atoms with Crippen LogP contribution in [0.25, 0.3) is 0 Å². The Morgan fingerprint density at radius 3 is 2.70 bits per heavy atom. The largest absolute Gasteiger partial charge is 0.325 e. The van der Waals surface area contributed by atoms with E-state index in [0.29, 0.717) is 19.4 Å². The zero-order chi connectivity index (χ0) is 17.0. The topological polar surface area (TPSA) is 69.7 Å². The molecule has 1 N–H and O–H groups in total. The van der Waals surface area contributed by atoms with Crippen LogP contribution in [-0.2, 0) is 15.0 Å². The van der Waals surface area contributed by atoms with Crippen LogP contribution < -0.4 is 5.32 Å². The van der Waals surface area contributed by atoms with Crippen molar-refractivity contribution in [3.05, 3.63) is 24.3 Å². The second kappa shape index (κ2) is 7.65. The fourth-order valence-corrected chi connectivity index (χ4v) is 4.32. The third kappa shape index (κ3) is 4.26. The van der Waals surface area contributed by atoms with Crippen LogP contribution in [0.2, 0.25) is 0 Å². The van der Waals surface area contributed by atoms with Gasteiger partial charge in [0, 0.05) is 32.1 Å². The number of anilines is 1. The normalized spacial score (nSPS) is 19.7. The van der Waals surface area contributed by atoms with Crippen LogP contribution in [-0.4, -0.2) is 56.4 Å². The summed E-state index contributed by atoms with van der Waals surface area (Å²) in [5, 5.41) is 2.94. The summed E-state index contributed by atoms with van der Waals surface area (Å²) in [7, 11) is -0.454. The molecule has 6 nitrogen and oxygen atoms in total. The van der Waals surface area contributed by atoms with Crippen molar-refractivity contribution in [2.45, 2.75) is 17.7 Å². The maximum Gasteiger partial charge on any atom is 0.281 e. The lowest BCUT2D eigenvalue weighted by Gasteiger charge is -2.32. The number of carbonyl (C=O) groups is 1. The summed E-state index contributed by atoms with van der Waals surface area (Å²) in [6.07, 6.45) is 3.35. The molecule has 0 spiro atoms. The molecule has 0 unspecified atom stereocenters. The van der Waals surface area contributed by atoms with Gasteiger partial charge >= 0.3 is 0 Å². The van der Waals surface area contributed by atoms with E-state index in [-0.39, 0.29) is 18.4 Å². The van der Waals surface area contributed by atoms with Crippen LogP contribution in [0.1, 0.15) is 12.8 Å². The second-order valence-corrected chi connectivity index (χ2v) is 8.67. The van der Waals surface area contributed by atoms with E-state index in [2.05, 4.69) is 5.32 Å². The number of nitrogens with zero attached hydrogens (tertiary/aromatic N) is 2. The van der Waals surface area contributed by atoms with Gasteiger partial charge in [-0.05, 0) is 31.2 Å². The fraction of sp³-hybridized carbons (Fsp3) is 0.533. The number of rotatable bonds is 5. The SMILES string of the molecule is CSc1ccccc1NC(=O)[C@@H]1CCCN(S(=O)(=O)N(C)C)C1. The molecule has 0 bridgehead atoms. The Labute approximate surface area is 142 Å². The molecule has 1 saturated heterocycles. The maximum absolute atomic E-state index is 12.5. The number of thioether (sulfide) groups is 1. The van der Waals surface area contributed by atoms with Crippen molar-refractivity contribution < 1.29 is 13.2 Å². The summed E-state index contributed by atoms with van der Waals surface area (Å²) in [4.78, 5) is 13.5. The van der Waals surface area contributed by atoms with Gasteiger partial charge in [-0.1, -0.05) is 12.1 Å². The van der Waals surface area contributed by atoms with E-state index in [1.807, 2.05) is 30.5 Å². The monoisotopic (exact) mass is 357 g/mol. The van der Waals surface area contributed by atoms with Gasteiger partial charge in [0.1, 0.15) is 0 Å². The Morgan fingerprint density at radius 2 is 2.04 bits per heavy atom. The molecule has 1 fully saturated rings. The molecular formula is C15H23N3O3S2. The highest BCUT2D eigenvalue weighted by Crippen LogP contribution is 2.27. The highest BCUT2D eigenvalue weighted by Gasteiger charge is 2.33. The van der Waals surface area contributed by atoms with Crippen LogP contribution in [0.15, 0.2) is 29.2 Å². The van der Waals surface area contributed by atoms with E-state index >= 15 is 0 Å². The molecule has 0 aliphatic carbocycles. The van der Waals surface area contributed by atoms with E-state index < -0.39 is 10.2 Å². The van der Waals surface area contributed by atoms with Crippen LogP contribution >= 0.6 is 11.8 Å². The average Bonchev–Trinajstić information content (AvgIpc) is 2.55. The number of benzene rings is 1. The fourth-order valence-electron chi connectivity index (χ4n) is 2.58. The maximum atomic E-state index is 12.5. The number of para-hydroxylation sites is 1. The molecule has 1 aliphatic rings. The smallest absolute Gasteiger partial charge is 0.281 e. The molecule has 1 aromatic rings. The number of amides is 1. The molecule has 128 valence electrons. The lowest BCUT2D eigenvalue weighted by molar-refractivity contribution is -0.120. The summed E-state index contributed by atoms with van der Waals surface area (Å²) >= 11 is 1.57. The van der Waals surface area contributed by atoms with Gasteiger partial charge in [-0.3, -0.25) is 4.79 Å². The third-order valence-corrected chi connectivity index (χ3v) is 6.61. The molecule has 1 amide bonds. The van der Waals surface area contributed by atoms with Gasteiger partial charge in [-0.15, -0.1) is 11.8 Å². The number of carbonyl (C=O) groups excluding carboxylic acids is 1. The van der Waals surface area contributed by atoms with E-state index in [0.717, 1.165) is 10.6 Å². The van der Waals surface area contributed by atoms with Crippen LogP contribution in [0, 0.1) is 5.92 Å². The van der Waals surface area contributed by atoms with Crippen molar-refractivity contribution in [1.29, 1.82) is 0 Å². The number of hydrogen-bond acceptors (Lipinski definition) is 4. The summed E-state index contributed by atoms with van der Waals surface area (Å²) in [5.74, 6) is -0.446. The first-order valence-electron chi connectivity index (χ1n) is 7.47. The van der Waals surface area contributed by atoms with Gasteiger partial charge in [-0.25, -0.2) is 0 Å². The number of nitrogens with one attached hydrogen (secondary N) is 1. The first-order chi connectivity index (χ1) is 10.9. The molecule has 0 saturated carbocycles. The molecule has 23 heavy (non-hydrogen) atoms. The van der Waals surface area contributed by atoms with Gasteiger partial charge in [0.15, 0.2) is 0 Å². The van der Waals surface area contributed by atoms with Gasteiger partial charge in [-0.2, -0.15) is 17.0 Å². The van der Waals surface area contributed by atoms with E-state index in [1.165, 1.54) is 22.7 Å². The molecule has 1 atom stereocenters. The van der Waals surface area contributed by atoms with Crippen molar-refractivity contribution >= 4 is 33.6 Å². The summed E-state index contributed by atoms with van der Waals surface area (Å²) in [6, 6.07) is 7.61. The molecule has 2 rings (SSSR count). The molecular weight excluding hydrogens is 334 g/mol. The van der Waals surface area contributed by atoms with Crippen molar-refractivity contribution in [3.63, 3.8) is 0 Å². The highest BCUT2D eigenvalue weighted by molar-refractivity contribution is 7.98. The Hall–Kier alpha value is -1.09. The predicted molar refractivity (Wildman–Crippen MR) is 93.8 cm³/mol. The van der Waals surface area contributed by atoms with Crippen LogP contribution in [0.3, 0.4) is 0 Å². The van der Waals surface area contributed by atoms with Crippen molar-refractivity contribution in [2.75, 3.05) is 38.8 Å². The second-order valence-electron chi connectivity index (χ2n) is 5.68. The van der Waals surface area contributed by atoms with Gasteiger partial charge < -0.3 is 5.32 Å². The first kappa shape index (κ1) is 18.3. The minimum Gasteiger partial charge on any atom is -0.325 e. The van der Waals surface area contributed by atoms with E-state index in [9.17, 15) is 13.2 Å². The molecule has 1 aromatic carbocycles. The summed E-state index contributed by atoms with van der Waals surface area (Å²) < 4.78 is 27.0. The van der Waals surface area contributed by atoms with Crippen molar-refractivity contribution in [3.8, 4) is 0 Å². The Bertz CT molecular complexity index is 662. The van der Waals surface area contributed by atoms with E-state index in [4.69, 9.17) is 0 Å². The average molecular weight is 358 g/mol. The standard InChI is InChI=1S/C15H23N3O3S2/c1-17(2)23(20,21)18-10-6-7-12(11-18)15(19)16-13-8-4-5-9-14(13)22-3/h4-5,8-9,12H,6-7,10-11H2,1-3H3,(H,16,19)/t12-/m1/s1. The quantitative estimate of drug-likeness (QED) is 0.817. The van der Waals surface area contributed by atoms with Gasteiger partial charge in [0.05, 0.1) is 11.6 Å². The molecule has 1 aliphatic heterocycles. The molecule has 0 aromatic heterocycles. The Morgan fingerprint density at radius 1 is 1.35 bits per heavy atom. The number of hydrogen-bond donors (Lipinski definition) is 1. The lowest BCUT2D eigenvalue weighted by atomic mass is 9.99. The van der Waals surface area contributed by atoms with Crippen LogP contribution in [0.5, 0.6) is 0 Å². The molecule has 1 heterocycles. The van der Waals surface area contributed by atoms with Crippen molar-refractivity contribution in [2.24, 2.45) is 5.92 Å².